The van der Waals surface area contributed by atoms with Crippen LogP contribution in [0.2, 0.25) is 0 Å². The lowest BCUT2D eigenvalue weighted by Gasteiger charge is -2.30. The number of thiophene rings is 1. The van der Waals surface area contributed by atoms with Crippen molar-refractivity contribution in [2.75, 3.05) is 31.1 Å². The van der Waals surface area contributed by atoms with Gasteiger partial charge in [0.05, 0.1) is 0 Å². The molecule has 2 aromatic heterocycles. The monoisotopic (exact) mass is 292 g/mol. The van der Waals surface area contributed by atoms with Crippen molar-refractivity contribution in [1.82, 2.24) is 15.1 Å². The first-order valence-corrected chi connectivity index (χ1v) is 8.51. The normalized spacial score (nSPS) is 26.6. The number of nitrogens with zero attached hydrogens (tertiary/aromatic N) is 4. The predicted octanol–water partition coefficient (Wildman–Crippen LogP) is 2.55. The number of hydrogen-bond acceptors (Lipinski definition) is 6. The molecule has 0 unspecified atom stereocenters. The highest BCUT2D eigenvalue weighted by atomic mass is 32.1. The zero-order valence-corrected chi connectivity index (χ0v) is 12.3. The molecule has 19 heavy (non-hydrogen) atoms. The van der Waals surface area contributed by atoms with Crippen LogP contribution >= 0.6 is 22.7 Å². The van der Waals surface area contributed by atoms with Gasteiger partial charge in [0.25, 0.3) is 0 Å². The van der Waals surface area contributed by atoms with Gasteiger partial charge in [0, 0.05) is 43.2 Å². The lowest BCUT2D eigenvalue weighted by molar-refractivity contribution is 0.250. The van der Waals surface area contributed by atoms with Gasteiger partial charge in [-0.3, -0.25) is 0 Å². The minimum Gasteiger partial charge on any atom is -0.342 e. The van der Waals surface area contributed by atoms with E-state index in [1.165, 1.54) is 38.0 Å². The number of fused-ring (bicyclic) bond motifs is 4. The van der Waals surface area contributed by atoms with Gasteiger partial charge in [-0.1, -0.05) is 11.3 Å². The molecule has 2 bridgehead atoms. The van der Waals surface area contributed by atoms with E-state index in [9.17, 15) is 0 Å². The maximum atomic E-state index is 4.43. The fourth-order valence-corrected chi connectivity index (χ4v) is 4.63. The highest BCUT2D eigenvalue weighted by Gasteiger charge is 2.30. The Balaban J connectivity index is 1.62. The molecule has 4 nitrogen and oxygen atoms in total. The first kappa shape index (κ1) is 11.8. The maximum Gasteiger partial charge on any atom is 0.208 e. The molecule has 100 valence electrons. The summed E-state index contributed by atoms with van der Waals surface area (Å²) in [5, 5.41) is 15.2. The van der Waals surface area contributed by atoms with E-state index in [4.69, 9.17) is 0 Å². The molecule has 3 aliphatic heterocycles. The van der Waals surface area contributed by atoms with Crippen LogP contribution in [-0.2, 0) is 0 Å². The largest absolute Gasteiger partial charge is 0.342 e. The van der Waals surface area contributed by atoms with E-state index < -0.39 is 0 Å². The Labute approximate surface area is 120 Å². The molecule has 6 heteroatoms. The van der Waals surface area contributed by atoms with Crippen LogP contribution in [0.25, 0.3) is 10.6 Å². The minimum absolute atomic E-state index is 0.669. The van der Waals surface area contributed by atoms with E-state index in [0.717, 1.165) is 16.7 Å². The van der Waals surface area contributed by atoms with Crippen molar-refractivity contribution < 1.29 is 0 Å². The minimum atomic E-state index is 0.669. The van der Waals surface area contributed by atoms with E-state index in [-0.39, 0.29) is 0 Å². The summed E-state index contributed by atoms with van der Waals surface area (Å²) in [5.41, 5.74) is 1.21. The summed E-state index contributed by atoms with van der Waals surface area (Å²) in [6.07, 6.45) is 2.54. The van der Waals surface area contributed by atoms with Crippen molar-refractivity contribution in [1.29, 1.82) is 0 Å². The van der Waals surface area contributed by atoms with Crippen LogP contribution < -0.4 is 4.90 Å². The molecule has 2 aromatic rings. The van der Waals surface area contributed by atoms with E-state index >= 15 is 0 Å². The van der Waals surface area contributed by atoms with Crippen molar-refractivity contribution >= 4 is 27.8 Å². The Kier molecular flexibility index (Phi) is 3.01. The topological polar surface area (TPSA) is 32.3 Å². The standard InChI is InChI=1S/C13H16N4S2/c1-4-16-5-2-11(1)17(7-6-16)13-15-14-12(19-13)10-3-8-18-9-10/h3,8-9,11H,1-2,4-7H2. The molecule has 0 N–H and O–H groups in total. The molecule has 0 aromatic carbocycles. The van der Waals surface area contributed by atoms with E-state index in [1.807, 2.05) is 0 Å². The van der Waals surface area contributed by atoms with Gasteiger partial charge in [-0.05, 0) is 24.3 Å². The smallest absolute Gasteiger partial charge is 0.208 e. The second-order valence-electron chi connectivity index (χ2n) is 5.17. The van der Waals surface area contributed by atoms with Gasteiger partial charge in [-0.15, -0.1) is 10.2 Å². The summed E-state index contributed by atoms with van der Waals surface area (Å²) < 4.78 is 0. The Hall–Kier alpha value is -0.980. The summed E-state index contributed by atoms with van der Waals surface area (Å²) >= 11 is 3.45. The fraction of sp³-hybridized carbons (Fsp3) is 0.538. The second kappa shape index (κ2) is 4.85. The highest BCUT2D eigenvalue weighted by Crippen LogP contribution is 2.33. The van der Waals surface area contributed by atoms with Gasteiger partial charge in [0.15, 0.2) is 0 Å². The van der Waals surface area contributed by atoms with Crippen LogP contribution in [0.1, 0.15) is 12.8 Å². The third-order valence-electron chi connectivity index (χ3n) is 4.08. The molecular formula is C13H16N4S2. The summed E-state index contributed by atoms with van der Waals surface area (Å²) in [6.45, 7) is 4.77. The zero-order valence-electron chi connectivity index (χ0n) is 10.7. The third-order valence-corrected chi connectivity index (χ3v) is 5.78. The molecule has 3 aliphatic rings. The molecule has 0 amide bonds. The first-order valence-electron chi connectivity index (χ1n) is 6.75. The summed E-state index contributed by atoms with van der Waals surface area (Å²) in [4.78, 5) is 5.05. The van der Waals surface area contributed by atoms with Crippen LogP contribution in [0.15, 0.2) is 16.8 Å². The summed E-state index contributed by atoms with van der Waals surface area (Å²) in [7, 11) is 0. The van der Waals surface area contributed by atoms with Crippen molar-refractivity contribution in [2.45, 2.75) is 18.9 Å². The van der Waals surface area contributed by atoms with Crippen molar-refractivity contribution in [3.8, 4) is 10.6 Å². The van der Waals surface area contributed by atoms with E-state index in [0.29, 0.717) is 6.04 Å². The Morgan fingerprint density at radius 1 is 1.11 bits per heavy atom. The van der Waals surface area contributed by atoms with Crippen LogP contribution in [0.3, 0.4) is 0 Å². The molecule has 3 saturated heterocycles. The molecule has 5 heterocycles. The third kappa shape index (κ3) is 2.17. The SMILES string of the molecule is c1cc(-c2nnc(N3CCN4CCC3CC4)s2)cs1. The second-order valence-corrected chi connectivity index (χ2v) is 6.90. The average molecular weight is 292 g/mol. The Morgan fingerprint density at radius 3 is 2.79 bits per heavy atom. The molecule has 5 rings (SSSR count). The molecule has 3 fully saturated rings. The lowest BCUT2D eigenvalue weighted by Crippen LogP contribution is -2.37. The summed E-state index contributed by atoms with van der Waals surface area (Å²) in [6, 6.07) is 2.79. The van der Waals surface area contributed by atoms with Crippen molar-refractivity contribution in [2.24, 2.45) is 0 Å². The van der Waals surface area contributed by atoms with Crippen LogP contribution in [0.4, 0.5) is 5.13 Å². The number of rotatable bonds is 2. The number of anilines is 1. The quantitative estimate of drug-likeness (QED) is 0.851. The van der Waals surface area contributed by atoms with E-state index in [2.05, 4.69) is 36.8 Å². The number of piperidine rings is 1. The van der Waals surface area contributed by atoms with Crippen molar-refractivity contribution in [3.63, 3.8) is 0 Å². The van der Waals surface area contributed by atoms with Gasteiger partial charge >= 0.3 is 0 Å². The molecule has 0 spiro atoms. The van der Waals surface area contributed by atoms with Crippen LogP contribution in [0.5, 0.6) is 0 Å². The number of aromatic nitrogens is 2. The van der Waals surface area contributed by atoms with Gasteiger partial charge < -0.3 is 9.80 Å². The lowest BCUT2D eigenvalue weighted by atomic mass is 10.1. The molecular weight excluding hydrogens is 276 g/mol. The predicted molar refractivity (Wildman–Crippen MR) is 80.0 cm³/mol. The fourth-order valence-electron chi connectivity index (χ4n) is 2.97. The van der Waals surface area contributed by atoms with Crippen molar-refractivity contribution in [3.05, 3.63) is 16.8 Å². The molecule has 0 aliphatic carbocycles. The Morgan fingerprint density at radius 2 is 2.00 bits per heavy atom. The molecule has 0 radical (unpaired) electrons. The van der Waals surface area contributed by atoms with Gasteiger partial charge in [-0.25, -0.2) is 0 Å². The highest BCUT2D eigenvalue weighted by molar-refractivity contribution is 7.18. The molecule has 0 atom stereocenters. The molecule has 0 saturated carbocycles. The van der Waals surface area contributed by atoms with Crippen LogP contribution in [-0.4, -0.2) is 47.3 Å². The van der Waals surface area contributed by atoms with Crippen LogP contribution in [0, 0.1) is 0 Å². The van der Waals surface area contributed by atoms with E-state index in [1.54, 1.807) is 22.7 Å². The van der Waals surface area contributed by atoms with Gasteiger partial charge in [-0.2, -0.15) is 11.3 Å². The average Bonchev–Trinajstić information content (AvgIpc) is 3.05. The summed E-state index contributed by atoms with van der Waals surface area (Å²) in [5.74, 6) is 0. The Bertz CT molecular complexity index is 543. The first-order chi connectivity index (χ1) is 9.40. The maximum absolute atomic E-state index is 4.43. The van der Waals surface area contributed by atoms with Gasteiger partial charge in [0.2, 0.25) is 5.13 Å². The zero-order chi connectivity index (χ0) is 12.7. The van der Waals surface area contributed by atoms with Gasteiger partial charge in [0.1, 0.15) is 5.01 Å². The number of hydrogen-bond donors (Lipinski definition) is 0.